The Labute approximate surface area is 87.8 Å². The molecule has 1 heteroatoms. The topological polar surface area (TPSA) is 0 Å². The smallest absolute Gasteiger partial charge is 0.000178 e. The molecule has 0 saturated carbocycles. The predicted octanol–water partition coefficient (Wildman–Crippen LogP) is 3.92. The van der Waals surface area contributed by atoms with Crippen LogP contribution in [0, 0.1) is 0 Å². The largest absolute Gasteiger partial charge is 0.0864 e. The molecule has 0 atom stereocenters. The molecule has 1 aromatic carbocycles. The summed E-state index contributed by atoms with van der Waals surface area (Å²) < 4.78 is 1.25. The summed E-state index contributed by atoms with van der Waals surface area (Å²) in [6.07, 6.45) is 6.90. The van der Waals surface area contributed by atoms with E-state index < -0.39 is 0 Å². The van der Waals surface area contributed by atoms with Crippen LogP contribution in [0.5, 0.6) is 0 Å². The highest BCUT2D eigenvalue weighted by Gasteiger charge is 1.82. The van der Waals surface area contributed by atoms with Gasteiger partial charge in [-0.1, -0.05) is 65.1 Å². The Balaban J connectivity index is 2.36. The van der Waals surface area contributed by atoms with Crippen LogP contribution in [-0.2, 0) is 0 Å². The molecule has 0 aliphatic carbocycles. The van der Waals surface area contributed by atoms with Crippen molar-refractivity contribution in [1.82, 2.24) is 0 Å². The fourth-order valence-corrected chi connectivity index (χ4v) is 1.42. The summed E-state index contributed by atoms with van der Waals surface area (Å²) in [7, 11) is 0. The molecule has 0 amide bonds. The van der Waals surface area contributed by atoms with Gasteiger partial charge in [0.15, 0.2) is 0 Å². The Kier molecular flexibility index (Phi) is 5.08. The second kappa shape index (κ2) is 6.23. The number of hydrogen-bond acceptors (Lipinski definition) is 0. The summed E-state index contributed by atoms with van der Waals surface area (Å²) >= 11 is 2.41. The van der Waals surface area contributed by atoms with Crippen LogP contribution in [0.15, 0.2) is 36.4 Å². The van der Waals surface area contributed by atoms with Crippen molar-refractivity contribution < 1.29 is 0 Å². The van der Waals surface area contributed by atoms with Gasteiger partial charge in [0, 0.05) is 0 Å². The van der Waals surface area contributed by atoms with E-state index in [1.54, 1.807) is 0 Å². The van der Waals surface area contributed by atoms with Crippen LogP contribution >= 0.6 is 22.6 Å². The van der Waals surface area contributed by atoms with Gasteiger partial charge in [-0.25, -0.2) is 0 Å². The molecule has 0 nitrogen and oxygen atoms in total. The van der Waals surface area contributed by atoms with Crippen LogP contribution in [0.3, 0.4) is 0 Å². The van der Waals surface area contributed by atoms with E-state index in [9.17, 15) is 0 Å². The zero-order valence-electron chi connectivity index (χ0n) is 7.04. The fraction of sp³-hybridized carbons (Fsp3) is 0.273. The van der Waals surface area contributed by atoms with Crippen LogP contribution in [0.1, 0.15) is 18.4 Å². The number of unbranched alkanes of at least 4 members (excludes halogenated alkanes) is 1. The third-order valence-corrected chi connectivity index (χ3v) is 2.38. The monoisotopic (exact) mass is 272 g/mol. The molecule has 0 saturated heterocycles. The molecule has 0 N–H and O–H groups in total. The third-order valence-electron chi connectivity index (χ3n) is 1.61. The molecule has 0 aromatic heterocycles. The zero-order chi connectivity index (χ0) is 8.65. The predicted molar refractivity (Wildman–Crippen MR) is 63.6 cm³/mol. The molecule has 64 valence electrons. The van der Waals surface area contributed by atoms with Gasteiger partial charge in [0.2, 0.25) is 0 Å². The first-order valence-corrected chi connectivity index (χ1v) is 5.73. The van der Waals surface area contributed by atoms with E-state index in [2.05, 4.69) is 59.0 Å². The van der Waals surface area contributed by atoms with Crippen LogP contribution in [0.25, 0.3) is 6.08 Å². The molecule has 0 spiro atoms. The normalized spacial score (nSPS) is 10.8. The van der Waals surface area contributed by atoms with Crippen molar-refractivity contribution in [2.75, 3.05) is 4.43 Å². The van der Waals surface area contributed by atoms with Gasteiger partial charge in [0.05, 0.1) is 0 Å². The zero-order valence-corrected chi connectivity index (χ0v) is 9.20. The Hall–Kier alpha value is -0.310. The van der Waals surface area contributed by atoms with Crippen LogP contribution in [-0.4, -0.2) is 4.43 Å². The van der Waals surface area contributed by atoms with Gasteiger partial charge in [0.1, 0.15) is 0 Å². The quantitative estimate of drug-likeness (QED) is 0.443. The molecular weight excluding hydrogens is 259 g/mol. The molecule has 0 heterocycles. The average molecular weight is 272 g/mol. The van der Waals surface area contributed by atoms with Crippen molar-refractivity contribution in [3.05, 3.63) is 42.0 Å². The number of hydrogen-bond donors (Lipinski definition) is 0. The number of rotatable bonds is 4. The maximum Gasteiger partial charge on any atom is -0.000178 e. The fourth-order valence-electron chi connectivity index (χ4n) is 0.979. The van der Waals surface area contributed by atoms with E-state index in [1.807, 2.05) is 6.07 Å². The molecule has 0 fully saturated rings. The van der Waals surface area contributed by atoms with Gasteiger partial charge in [-0.15, -0.1) is 0 Å². The second-order valence-corrected chi connectivity index (χ2v) is 3.72. The standard InChI is InChI=1S/C11H13I/c12-10-6-2-5-9-11-7-3-1-4-8-11/h1,3-5,7-9H,2,6,10H2. The van der Waals surface area contributed by atoms with E-state index in [0.717, 1.165) is 0 Å². The lowest BCUT2D eigenvalue weighted by molar-refractivity contribution is 0.990. The van der Waals surface area contributed by atoms with Crippen LogP contribution < -0.4 is 0 Å². The molecule has 12 heavy (non-hydrogen) atoms. The summed E-state index contributed by atoms with van der Waals surface area (Å²) in [5.74, 6) is 0. The lowest BCUT2D eigenvalue weighted by atomic mass is 10.2. The van der Waals surface area contributed by atoms with E-state index in [0.29, 0.717) is 0 Å². The summed E-state index contributed by atoms with van der Waals surface area (Å²) in [4.78, 5) is 0. The highest BCUT2D eigenvalue weighted by molar-refractivity contribution is 14.1. The van der Waals surface area contributed by atoms with Crippen molar-refractivity contribution in [3.63, 3.8) is 0 Å². The highest BCUT2D eigenvalue weighted by Crippen LogP contribution is 2.03. The maximum atomic E-state index is 2.41. The van der Waals surface area contributed by atoms with Gasteiger partial charge in [-0.3, -0.25) is 0 Å². The van der Waals surface area contributed by atoms with Gasteiger partial charge >= 0.3 is 0 Å². The van der Waals surface area contributed by atoms with Gasteiger partial charge in [-0.2, -0.15) is 0 Å². The summed E-state index contributed by atoms with van der Waals surface area (Å²) in [6, 6.07) is 10.4. The lowest BCUT2D eigenvalue weighted by Crippen LogP contribution is -1.71. The van der Waals surface area contributed by atoms with Crippen molar-refractivity contribution in [2.45, 2.75) is 12.8 Å². The van der Waals surface area contributed by atoms with Crippen molar-refractivity contribution in [1.29, 1.82) is 0 Å². The SMILES string of the molecule is ICCCC=Cc1ccccc1. The molecule has 0 bridgehead atoms. The average Bonchev–Trinajstić information content (AvgIpc) is 2.14. The van der Waals surface area contributed by atoms with Crippen molar-refractivity contribution in [2.24, 2.45) is 0 Å². The third kappa shape index (κ3) is 3.90. The summed E-state index contributed by atoms with van der Waals surface area (Å²) in [6.45, 7) is 0. The number of allylic oxidation sites excluding steroid dienone is 1. The minimum Gasteiger partial charge on any atom is -0.0864 e. The van der Waals surface area contributed by atoms with Crippen LogP contribution in [0.4, 0.5) is 0 Å². The summed E-state index contributed by atoms with van der Waals surface area (Å²) in [5.41, 5.74) is 1.30. The second-order valence-electron chi connectivity index (χ2n) is 2.64. The van der Waals surface area contributed by atoms with E-state index in [1.165, 1.54) is 22.8 Å². The first-order valence-electron chi connectivity index (χ1n) is 4.21. The minimum absolute atomic E-state index is 1.19. The van der Waals surface area contributed by atoms with Crippen molar-refractivity contribution in [3.8, 4) is 0 Å². The molecule has 1 aromatic rings. The van der Waals surface area contributed by atoms with Crippen LogP contribution in [0.2, 0.25) is 0 Å². The Morgan fingerprint density at radius 3 is 2.58 bits per heavy atom. The maximum absolute atomic E-state index is 2.41. The van der Waals surface area contributed by atoms with Crippen molar-refractivity contribution >= 4 is 28.7 Å². The molecular formula is C11H13I. The number of benzene rings is 1. The Bertz CT molecular complexity index is 226. The van der Waals surface area contributed by atoms with E-state index >= 15 is 0 Å². The highest BCUT2D eigenvalue weighted by atomic mass is 127. The van der Waals surface area contributed by atoms with Gasteiger partial charge in [0.25, 0.3) is 0 Å². The Morgan fingerprint density at radius 1 is 1.17 bits per heavy atom. The first-order chi connectivity index (χ1) is 5.93. The molecule has 0 aliphatic rings. The summed E-state index contributed by atoms with van der Waals surface area (Å²) in [5, 5.41) is 0. The van der Waals surface area contributed by atoms with Gasteiger partial charge < -0.3 is 0 Å². The Morgan fingerprint density at radius 2 is 1.92 bits per heavy atom. The van der Waals surface area contributed by atoms with E-state index in [-0.39, 0.29) is 0 Å². The van der Waals surface area contributed by atoms with Gasteiger partial charge in [-0.05, 0) is 22.8 Å². The molecule has 0 radical (unpaired) electrons. The number of alkyl halides is 1. The lowest BCUT2D eigenvalue weighted by Gasteiger charge is -1.90. The number of halogens is 1. The first kappa shape index (κ1) is 9.78. The minimum atomic E-state index is 1.19. The molecule has 0 unspecified atom stereocenters. The molecule has 1 rings (SSSR count). The van der Waals surface area contributed by atoms with E-state index in [4.69, 9.17) is 0 Å². The molecule has 0 aliphatic heterocycles.